The van der Waals surface area contributed by atoms with Crippen molar-refractivity contribution in [2.45, 2.75) is 26.2 Å². The number of benzene rings is 2. The van der Waals surface area contributed by atoms with Crippen LogP contribution in [0, 0.1) is 0 Å². The van der Waals surface area contributed by atoms with Crippen molar-refractivity contribution in [3.63, 3.8) is 0 Å². The lowest BCUT2D eigenvalue weighted by Gasteiger charge is -2.30. The molecule has 1 saturated heterocycles. The van der Waals surface area contributed by atoms with E-state index in [1.165, 1.54) is 24.9 Å². The summed E-state index contributed by atoms with van der Waals surface area (Å²) in [7, 11) is 0. The summed E-state index contributed by atoms with van der Waals surface area (Å²) < 4.78 is 6.13. The number of anilines is 1. The van der Waals surface area contributed by atoms with Gasteiger partial charge in [0.2, 0.25) is 0 Å². The summed E-state index contributed by atoms with van der Waals surface area (Å²) in [6.07, 6.45) is 8.99. The molecule has 2 aliphatic heterocycles. The fourth-order valence-electron chi connectivity index (χ4n) is 4.39. The Balaban J connectivity index is 1.44. The quantitative estimate of drug-likeness (QED) is 0.505. The van der Waals surface area contributed by atoms with Crippen molar-refractivity contribution in [2.24, 2.45) is 0 Å². The highest BCUT2D eigenvalue weighted by molar-refractivity contribution is 6.39. The number of hydrogen-bond acceptors (Lipinski definition) is 4. The molecule has 0 aromatic heterocycles. The van der Waals surface area contributed by atoms with Crippen LogP contribution in [0.15, 0.2) is 72.0 Å². The van der Waals surface area contributed by atoms with E-state index in [9.17, 15) is 9.59 Å². The van der Waals surface area contributed by atoms with Gasteiger partial charge in [-0.05, 0) is 62.1 Å². The van der Waals surface area contributed by atoms with Gasteiger partial charge >= 0.3 is 0 Å². The smallest absolute Gasteiger partial charge is 0.197 e. The van der Waals surface area contributed by atoms with Crippen LogP contribution in [0.1, 0.15) is 52.5 Å². The fourth-order valence-corrected chi connectivity index (χ4v) is 4.39. The van der Waals surface area contributed by atoms with E-state index in [1.54, 1.807) is 36.4 Å². The van der Waals surface area contributed by atoms with Crippen molar-refractivity contribution in [1.82, 2.24) is 0 Å². The van der Waals surface area contributed by atoms with Crippen molar-refractivity contribution in [1.29, 1.82) is 0 Å². The van der Waals surface area contributed by atoms with E-state index in [4.69, 9.17) is 4.74 Å². The van der Waals surface area contributed by atoms with E-state index in [0.717, 1.165) is 30.0 Å². The zero-order valence-corrected chi connectivity index (χ0v) is 17.0. The minimum Gasteiger partial charge on any atom is -0.457 e. The fraction of sp³-hybridized carbons (Fsp3) is 0.231. The number of carbonyl (C=O) groups is 2. The van der Waals surface area contributed by atoms with Gasteiger partial charge in [-0.3, -0.25) is 9.59 Å². The third kappa shape index (κ3) is 3.18. The van der Waals surface area contributed by atoms with Crippen molar-refractivity contribution in [2.75, 3.05) is 18.0 Å². The zero-order valence-electron chi connectivity index (χ0n) is 17.0. The lowest BCUT2D eigenvalue weighted by Crippen LogP contribution is -2.29. The van der Waals surface area contributed by atoms with Gasteiger partial charge in [0.25, 0.3) is 0 Å². The van der Waals surface area contributed by atoms with Crippen LogP contribution < -0.4 is 9.64 Å². The highest BCUT2D eigenvalue weighted by atomic mass is 16.5. The number of ketones is 2. The number of Topliss-reactive ketones (excluding diaryl/α,β-unsaturated/α-hetero) is 2. The molecule has 0 radical (unpaired) electrons. The third-order valence-electron chi connectivity index (χ3n) is 6.02. The van der Waals surface area contributed by atoms with Gasteiger partial charge in [0.1, 0.15) is 11.5 Å². The number of hydrogen-bond donors (Lipinski definition) is 0. The maximum absolute atomic E-state index is 12.6. The van der Waals surface area contributed by atoms with Crippen LogP contribution in [0.2, 0.25) is 0 Å². The Hall–Kier alpha value is -3.40. The van der Waals surface area contributed by atoms with Crippen molar-refractivity contribution < 1.29 is 14.3 Å². The van der Waals surface area contributed by atoms with Crippen LogP contribution >= 0.6 is 0 Å². The van der Waals surface area contributed by atoms with Crippen LogP contribution in [0.3, 0.4) is 0 Å². The highest BCUT2D eigenvalue weighted by Crippen LogP contribution is 2.37. The summed E-state index contributed by atoms with van der Waals surface area (Å²) in [4.78, 5) is 27.6. The molecule has 2 heterocycles. The van der Waals surface area contributed by atoms with Gasteiger partial charge in [-0.25, -0.2) is 0 Å². The Bertz CT molecular complexity index is 1110. The van der Waals surface area contributed by atoms with Crippen LogP contribution in [0.5, 0.6) is 5.75 Å². The molecule has 0 unspecified atom stereocenters. The average Bonchev–Trinajstić information content (AvgIpc) is 3.02. The Kier molecular flexibility index (Phi) is 4.62. The second kappa shape index (κ2) is 7.45. The topological polar surface area (TPSA) is 46.6 Å². The number of fused-ring (bicyclic) bond motifs is 2. The predicted octanol–water partition coefficient (Wildman–Crippen LogP) is 5.36. The van der Waals surface area contributed by atoms with Gasteiger partial charge in [-0.1, -0.05) is 24.3 Å². The molecule has 0 spiro atoms. The zero-order chi connectivity index (χ0) is 20.7. The van der Waals surface area contributed by atoms with E-state index in [1.807, 2.05) is 13.0 Å². The van der Waals surface area contributed by atoms with Crippen LogP contribution in [0.25, 0.3) is 5.57 Å². The molecule has 2 aromatic carbocycles. The predicted molar refractivity (Wildman–Crippen MR) is 118 cm³/mol. The first kappa shape index (κ1) is 18.6. The average molecular weight is 397 g/mol. The molecule has 4 heteroatoms. The molecule has 2 aromatic rings. The van der Waals surface area contributed by atoms with Crippen LogP contribution in [0.4, 0.5) is 5.69 Å². The first-order valence-electron chi connectivity index (χ1n) is 10.5. The Morgan fingerprint density at radius 2 is 1.57 bits per heavy atom. The van der Waals surface area contributed by atoms with Crippen molar-refractivity contribution in [3.8, 4) is 5.75 Å². The summed E-state index contributed by atoms with van der Waals surface area (Å²) >= 11 is 0. The van der Waals surface area contributed by atoms with Gasteiger partial charge in [-0.2, -0.15) is 0 Å². The van der Waals surface area contributed by atoms with Gasteiger partial charge in [0.05, 0.1) is 5.57 Å². The molecule has 0 bridgehead atoms. The maximum atomic E-state index is 12.6. The van der Waals surface area contributed by atoms with Gasteiger partial charge in [0.15, 0.2) is 11.6 Å². The molecule has 0 N–H and O–H groups in total. The molecule has 1 fully saturated rings. The van der Waals surface area contributed by atoms with E-state index >= 15 is 0 Å². The molecule has 1 aliphatic carbocycles. The van der Waals surface area contributed by atoms with E-state index in [-0.39, 0.29) is 17.1 Å². The molecule has 3 aliphatic rings. The number of nitrogens with zero attached hydrogens (tertiary/aromatic N) is 1. The largest absolute Gasteiger partial charge is 0.457 e. The number of rotatable bonds is 2. The van der Waals surface area contributed by atoms with E-state index in [2.05, 4.69) is 23.1 Å². The summed E-state index contributed by atoms with van der Waals surface area (Å²) in [6, 6.07) is 13.3. The van der Waals surface area contributed by atoms with E-state index < -0.39 is 0 Å². The Morgan fingerprint density at radius 3 is 2.27 bits per heavy atom. The summed E-state index contributed by atoms with van der Waals surface area (Å²) in [5, 5.41) is 0. The molecule has 30 heavy (non-hydrogen) atoms. The SMILES string of the molecule is CC1=CC(=CC=C2C(=O)c3ccccc3C2=O)Oc2cc(N3CCCCC3)ccc21. The molecule has 0 amide bonds. The highest BCUT2D eigenvalue weighted by Gasteiger charge is 2.32. The minimum absolute atomic E-state index is 0.186. The summed E-state index contributed by atoms with van der Waals surface area (Å²) in [5.41, 5.74) is 4.48. The molecule has 150 valence electrons. The van der Waals surface area contributed by atoms with Crippen LogP contribution in [-0.2, 0) is 0 Å². The second-order valence-corrected chi connectivity index (χ2v) is 8.01. The number of piperidine rings is 1. The number of carbonyl (C=O) groups excluding carboxylic acids is 2. The van der Waals surface area contributed by atoms with Crippen molar-refractivity contribution >= 4 is 22.8 Å². The standard InChI is InChI=1S/C26H23NO3/c1-17-15-19(10-12-23-25(28)21-7-3-4-8-22(21)26(23)29)30-24-16-18(9-11-20(17)24)27-13-5-2-6-14-27/h3-4,7-12,15-16H,2,5-6,13-14H2,1H3. The lowest BCUT2D eigenvalue weighted by atomic mass is 10.0. The molecular formula is C26H23NO3. The number of ether oxygens (including phenoxy) is 1. The molecule has 4 nitrogen and oxygen atoms in total. The maximum Gasteiger partial charge on any atom is 0.197 e. The monoisotopic (exact) mass is 397 g/mol. The van der Waals surface area contributed by atoms with Gasteiger partial charge in [0, 0.05) is 41.5 Å². The first-order valence-corrected chi connectivity index (χ1v) is 10.5. The Labute approximate surface area is 176 Å². The minimum atomic E-state index is -0.225. The van der Waals surface area contributed by atoms with Gasteiger partial charge < -0.3 is 9.64 Å². The third-order valence-corrected chi connectivity index (χ3v) is 6.02. The van der Waals surface area contributed by atoms with E-state index in [0.29, 0.717) is 16.9 Å². The molecule has 0 saturated carbocycles. The normalized spacial score (nSPS) is 19.4. The van der Waals surface area contributed by atoms with Gasteiger partial charge in [-0.15, -0.1) is 0 Å². The number of allylic oxidation sites excluding steroid dienone is 5. The lowest BCUT2D eigenvalue weighted by molar-refractivity contribution is 0.0989. The molecular weight excluding hydrogens is 374 g/mol. The summed E-state index contributed by atoms with van der Waals surface area (Å²) in [6.45, 7) is 4.20. The second-order valence-electron chi connectivity index (χ2n) is 8.01. The Morgan fingerprint density at radius 1 is 0.867 bits per heavy atom. The van der Waals surface area contributed by atoms with Crippen molar-refractivity contribution in [3.05, 3.63) is 88.7 Å². The molecule has 0 atom stereocenters. The molecule has 5 rings (SSSR count). The van der Waals surface area contributed by atoms with Crippen LogP contribution in [-0.4, -0.2) is 24.7 Å². The first-order chi connectivity index (χ1) is 14.6. The summed E-state index contributed by atoms with van der Waals surface area (Å²) in [5.74, 6) is 0.989.